The molecule has 1 amide bonds. The van der Waals surface area contributed by atoms with Gasteiger partial charge in [-0.1, -0.05) is 35.8 Å². The quantitative estimate of drug-likeness (QED) is 0.945. The predicted octanol–water partition coefficient (Wildman–Crippen LogP) is 3.38. The molecule has 1 N–H and O–H groups in total. The molecule has 3 rings (SSSR count). The van der Waals surface area contributed by atoms with Crippen LogP contribution in [0, 0.1) is 5.92 Å². The lowest BCUT2D eigenvalue weighted by Crippen LogP contribution is -2.25. The number of amides is 1. The molecule has 0 aliphatic heterocycles. The fourth-order valence-electron chi connectivity index (χ4n) is 2.67. The number of rotatable bonds is 3. The maximum Gasteiger partial charge on any atom is 0.274 e. The minimum atomic E-state index is -0.186. The molecule has 1 atom stereocenters. The minimum Gasteiger partial charge on any atom is -0.360 e. The third-order valence-electron chi connectivity index (χ3n) is 3.84. The average molecular weight is 305 g/mol. The first-order chi connectivity index (χ1) is 10.1. The standard InChI is InChI=1S/C16H17ClN2O2/c1-10-5-6-14-13(7-10)15(19-21-14)16(20)18-9-11-3-2-4-12(17)8-11/h2-4,8,10H,5-7,9H2,1H3,(H,18,20)/t10-/m0/s1. The van der Waals surface area contributed by atoms with Crippen LogP contribution in [0.3, 0.4) is 0 Å². The summed E-state index contributed by atoms with van der Waals surface area (Å²) in [6, 6.07) is 7.43. The van der Waals surface area contributed by atoms with E-state index >= 15 is 0 Å². The normalized spacial score (nSPS) is 17.3. The van der Waals surface area contributed by atoms with Gasteiger partial charge in [0, 0.05) is 23.6 Å². The van der Waals surface area contributed by atoms with Crippen molar-refractivity contribution in [1.29, 1.82) is 0 Å². The first-order valence-corrected chi connectivity index (χ1v) is 7.51. The average Bonchev–Trinajstić information content (AvgIpc) is 2.88. The van der Waals surface area contributed by atoms with Crippen molar-refractivity contribution >= 4 is 17.5 Å². The number of benzene rings is 1. The first kappa shape index (κ1) is 14.1. The van der Waals surface area contributed by atoms with Crippen LogP contribution in [-0.4, -0.2) is 11.1 Å². The molecular weight excluding hydrogens is 288 g/mol. The van der Waals surface area contributed by atoms with Gasteiger partial charge in [0.2, 0.25) is 0 Å². The Morgan fingerprint density at radius 2 is 2.38 bits per heavy atom. The van der Waals surface area contributed by atoms with E-state index in [1.54, 1.807) is 0 Å². The highest BCUT2D eigenvalue weighted by Crippen LogP contribution is 2.27. The minimum absolute atomic E-state index is 0.186. The lowest BCUT2D eigenvalue weighted by Gasteiger charge is -2.16. The number of hydrogen-bond donors (Lipinski definition) is 1. The first-order valence-electron chi connectivity index (χ1n) is 7.13. The third kappa shape index (κ3) is 3.10. The van der Waals surface area contributed by atoms with E-state index < -0.39 is 0 Å². The van der Waals surface area contributed by atoms with Gasteiger partial charge in [0.1, 0.15) is 5.76 Å². The van der Waals surface area contributed by atoms with Gasteiger partial charge < -0.3 is 9.84 Å². The Bertz CT molecular complexity index is 666. The molecular formula is C16H17ClN2O2. The maximum atomic E-state index is 12.3. The summed E-state index contributed by atoms with van der Waals surface area (Å²) in [4.78, 5) is 12.3. The molecule has 0 spiro atoms. The molecule has 110 valence electrons. The largest absolute Gasteiger partial charge is 0.360 e. The molecule has 1 aromatic heterocycles. The van der Waals surface area contributed by atoms with Crippen molar-refractivity contribution < 1.29 is 9.32 Å². The molecule has 21 heavy (non-hydrogen) atoms. The van der Waals surface area contributed by atoms with Crippen LogP contribution in [0.15, 0.2) is 28.8 Å². The summed E-state index contributed by atoms with van der Waals surface area (Å²) in [6.07, 6.45) is 2.82. The molecule has 1 aliphatic rings. The Balaban J connectivity index is 1.70. The van der Waals surface area contributed by atoms with E-state index in [-0.39, 0.29) is 5.91 Å². The number of nitrogens with zero attached hydrogens (tertiary/aromatic N) is 1. The lowest BCUT2D eigenvalue weighted by atomic mass is 9.88. The van der Waals surface area contributed by atoms with Crippen LogP contribution < -0.4 is 5.32 Å². The molecule has 1 aromatic carbocycles. The van der Waals surface area contributed by atoms with Gasteiger partial charge in [0.05, 0.1) is 0 Å². The van der Waals surface area contributed by atoms with Gasteiger partial charge in [-0.3, -0.25) is 4.79 Å². The van der Waals surface area contributed by atoms with E-state index in [1.807, 2.05) is 24.3 Å². The Hall–Kier alpha value is -1.81. The molecule has 5 heteroatoms. The van der Waals surface area contributed by atoms with Crippen molar-refractivity contribution in [2.45, 2.75) is 32.7 Å². The highest BCUT2D eigenvalue weighted by Gasteiger charge is 2.26. The van der Waals surface area contributed by atoms with Crippen molar-refractivity contribution in [3.8, 4) is 0 Å². The topological polar surface area (TPSA) is 55.1 Å². The zero-order valence-electron chi connectivity index (χ0n) is 11.9. The van der Waals surface area contributed by atoms with E-state index in [1.165, 1.54) is 0 Å². The van der Waals surface area contributed by atoms with Gasteiger partial charge in [0.15, 0.2) is 5.69 Å². The fraction of sp³-hybridized carbons (Fsp3) is 0.375. The van der Waals surface area contributed by atoms with E-state index in [9.17, 15) is 4.79 Å². The van der Waals surface area contributed by atoms with E-state index in [4.69, 9.17) is 16.1 Å². The molecule has 0 bridgehead atoms. The van der Waals surface area contributed by atoms with Crippen molar-refractivity contribution in [3.05, 3.63) is 51.9 Å². The molecule has 1 heterocycles. The second-order valence-corrected chi connectivity index (χ2v) is 6.03. The van der Waals surface area contributed by atoms with Crippen LogP contribution in [0.25, 0.3) is 0 Å². The Labute approximate surface area is 128 Å². The SMILES string of the molecule is C[C@H]1CCc2onc(C(=O)NCc3cccc(Cl)c3)c2C1. The summed E-state index contributed by atoms with van der Waals surface area (Å²) in [5, 5.41) is 7.48. The fourth-order valence-corrected chi connectivity index (χ4v) is 2.88. The molecule has 0 radical (unpaired) electrons. The van der Waals surface area contributed by atoms with Gasteiger partial charge in [0.25, 0.3) is 5.91 Å². The monoisotopic (exact) mass is 304 g/mol. The Morgan fingerprint density at radius 1 is 1.52 bits per heavy atom. The number of carbonyl (C=O) groups is 1. The van der Waals surface area contributed by atoms with Crippen LogP contribution in [0.1, 0.15) is 40.7 Å². The van der Waals surface area contributed by atoms with E-state index in [0.717, 1.165) is 36.1 Å². The second-order valence-electron chi connectivity index (χ2n) is 5.59. The Morgan fingerprint density at radius 3 is 3.19 bits per heavy atom. The van der Waals surface area contributed by atoms with Crippen LogP contribution >= 0.6 is 11.6 Å². The number of carbonyl (C=O) groups excluding carboxylic acids is 1. The third-order valence-corrected chi connectivity index (χ3v) is 4.08. The van der Waals surface area contributed by atoms with Crippen LogP contribution in [0.4, 0.5) is 0 Å². The molecule has 0 unspecified atom stereocenters. The van der Waals surface area contributed by atoms with Gasteiger partial charge in [-0.2, -0.15) is 0 Å². The smallest absolute Gasteiger partial charge is 0.274 e. The zero-order chi connectivity index (χ0) is 14.8. The highest BCUT2D eigenvalue weighted by atomic mass is 35.5. The van der Waals surface area contributed by atoms with E-state index in [0.29, 0.717) is 23.2 Å². The van der Waals surface area contributed by atoms with Crippen molar-refractivity contribution in [2.75, 3.05) is 0 Å². The van der Waals surface area contributed by atoms with Crippen molar-refractivity contribution in [3.63, 3.8) is 0 Å². The molecule has 2 aromatic rings. The summed E-state index contributed by atoms with van der Waals surface area (Å²) in [5.41, 5.74) is 2.36. The molecule has 0 fully saturated rings. The predicted molar refractivity (Wildman–Crippen MR) is 80.3 cm³/mol. The molecule has 0 saturated carbocycles. The van der Waals surface area contributed by atoms with Crippen LogP contribution in [-0.2, 0) is 19.4 Å². The number of nitrogens with one attached hydrogen (secondary N) is 1. The molecule has 4 nitrogen and oxygen atoms in total. The Kier molecular flexibility index (Phi) is 3.97. The second kappa shape index (κ2) is 5.90. The number of halogens is 1. The number of hydrogen-bond acceptors (Lipinski definition) is 3. The van der Waals surface area contributed by atoms with Gasteiger partial charge >= 0.3 is 0 Å². The lowest BCUT2D eigenvalue weighted by molar-refractivity contribution is 0.0941. The number of aryl methyl sites for hydroxylation is 1. The zero-order valence-corrected chi connectivity index (χ0v) is 12.6. The van der Waals surface area contributed by atoms with E-state index in [2.05, 4.69) is 17.4 Å². The summed E-state index contributed by atoms with van der Waals surface area (Å²) in [6.45, 7) is 2.61. The van der Waals surface area contributed by atoms with Gasteiger partial charge in [-0.05, 0) is 36.5 Å². The number of aromatic nitrogens is 1. The summed E-state index contributed by atoms with van der Waals surface area (Å²) >= 11 is 5.93. The summed E-state index contributed by atoms with van der Waals surface area (Å²) in [5.74, 6) is 1.24. The maximum absolute atomic E-state index is 12.3. The molecule has 0 saturated heterocycles. The van der Waals surface area contributed by atoms with Gasteiger partial charge in [-0.15, -0.1) is 0 Å². The van der Waals surface area contributed by atoms with Crippen molar-refractivity contribution in [1.82, 2.24) is 10.5 Å². The number of fused-ring (bicyclic) bond motifs is 1. The molecule has 1 aliphatic carbocycles. The van der Waals surface area contributed by atoms with Crippen LogP contribution in [0.2, 0.25) is 5.02 Å². The summed E-state index contributed by atoms with van der Waals surface area (Å²) < 4.78 is 5.30. The highest BCUT2D eigenvalue weighted by molar-refractivity contribution is 6.30. The van der Waals surface area contributed by atoms with Gasteiger partial charge in [-0.25, -0.2) is 0 Å². The van der Waals surface area contributed by atoms with Crippen LogP contribution in [0.5, 0.6) is 0 Å². The summed E-state index contributed by atoms with van der Waals surface area (Å²) in [7, 11) is 0. The van der Waals surface area contributed by atoms with Crippen molar-refractivity contribution in [2.24, 2.45) is 5.92 Å².